The molecule has 29 heavy (non-hydrogen) atoms. The van der Waals surface area contributed by atoms with E-state index in [1.54, 1.807) is 13.1 Å². The third-order valence-corrected chi connectivity index (χ3v) is 4.30. The molecule has 150 valence electrons. The van der Waals surface area contributed by atoms with Gasteiger partial charge in [-0.3, -0.25) is 9.59 Å². The average Bonchev–Trinajstić information content (AvgIpc) is 2.68. The number of carbonyl (C=O) groups excluding carboxylic acids is 3. The van der Waals surface area contributed by atoms with E-state index < -0.39 is 11.9 Å². The first-order chi connectivity index (χ1) is 13.8. The average molecular weight is 393 g/mol. The van der Waals surface area contributed by atoms with Gasteiger partial charge in [0.15, 0.2) is 6.61 Å². The summed E-state index contributed by atoms with van der Waals surface area (Å²) >= 11 is 0. The van der Waals surface area contributed by atoms with Crippen LogP contribution in [0.25, 0.3) is 0 Å². The molecular weight excluding hydrogens is 370 g/mol. The van der Waals surface area contributed by atoms with Crippen LogP contribution in [-0.4, -0.2) is 36.3 Å². The predicted octanol–water partition coefficient (Wildman–Crippen LogP) is 2.97. The molecule has 2 aromatic rings. The van der Waals surface area contributed by atoms with Crippen molar-refractivity contribution in [2.75, 3.05) is 19.0 Å². The lowest BCUT2D eigenvalue weighted by atomic mass is 10.1. The molecule has 0 aliphatic heterocycles. The van der Waals surface area contributed by atoms with Crippen molar-refractivity contribution in [1.29, 1.82) is 5.26 Å². The van der Waals surface area contributed by atoms with E-state index in [2.05, 4.69) is 11.4 Å². The SMILES string of the molecule is Cc1ccc(CN(C)C(=O)COC(=O)c2ccc(NC(=O)CC#N)cc2)c(C)c1. The first kappa shape index (κ1) is 21.6. The molecule has 0 fully saturated rings. The number of rotatable bonds is 7. The Balaban J connectivity index is 1.86. The summed E-state index contributed by atoms with van der Waals surface area (Å²) in [6.07, 6.45) is -0.248. The van der Waals surface area contributed by atoms with Crippen molar-refractivity contribution in [3.63, 3.8) is 0 Å². The number of anilines is 1. The number of likely N-dealkylation sites (N-methyl/N-ethyl adjacent to an activating group) is 1. The molecule has 0 radical (unpaired) electrons. The van der Waals surface area contributed by atoms with E-state index in [0.29, 0.717) is 12.2 Å². The summed E-state index contributed by atoms with van der Waals surface area (Å²) in [5.74, 6) is -1.37. The van der Waals surface area contributed by atoms with Crippen LogP contribution in [0.3, 0.4) is 0 Å². The van der Waals surface area contributed by atoms with Gasteiger partial charge >= 0.3 is 5.97 Å². The minimum Gasteiger partial charge on any atom is -0.452 e. The largest absolute Gasteiger partial charge is 0.452 e. The van der Waals surface area contributed by atoms with Crippen molar-refractivity contribution in [3.05, 3.63) is 64.7 Å². The zero-order chi connectivity index (χ0) is 21.4. The molecule has 1 N–H and O–H groups in total. The smallest absolute Gasteiger partial charge is 0.338 e. The summed E-state index contributed by atoms with van der Waals surface area (Å²) in [5.41, 5.74) is 4.01. The van der Waals surface area contributed by atoms with Crippen molar-refractivity contribution in [1.82, 2.24) is 4.90 Å². The van der Waals surface area contributed by atoms with E-state index in [9.17, 15) is 14.4 Å². The lowest BCUT2D eigenvalue weighted by molar-refractivity contribution is -0.133. The van der Waals surface area contributed by atoms with Gasteiger partial charge in [0.25, 0.3) is 5.91 Å². The highest BCUT2D eigenvalue weighted by Gasteiger charge is 2.15. The molecule has 7 nitrogen and oxygen atoms in total. The molecule has 0 aliphatic carbocycles. The van der Waals surface area contributed by atoms with Crippen LogP contribution in [0.2, 0.25) is 0 Å². The van der Waals surface area contributed by atoms with E-state index in [0.717, 1.165) is 16.7 Å². The molecule has 0 atom stereocenters. The summed E-state index contributed by atoms with van der Waals surface area (Å²) in [5, 5.41) is 11.0. The van der Waals surface area contributed by atoms with E-state index in [1.807, 2.05) is 26.0 Å². The van der Waals surface area contributed by atoms with Crippen LogP contribution in [0.1, 0.15) is 33.5 Å². The summed E-state index contributed by atoms with van der Waals surface area (Å²) in [7, 11) is 1.66. The molecular formula is C22H23N3O4. The maximum atomic E-state index is 12.3. The number of ether oxygens (including phenoxy) is 1. The fourth-order valence-electron chi connectivity index (χ4n) is 2.65. The maximum Gasteiger partial charge on any atom is 0.338 e. The monoisotopic (exact) mass is 393 g/mol. The van der Waals surface area contributed by atoms with Gasteiger partial charge in [0.05, 0.1) is 11.6 Å². The fraction of sp³-hybridized carbons (Fsp3) is 0.273. The Morgan fingerprint density at radius 2 is 1.79 bits per heavy atom. The number of hydrogen-bond donors (Lipinski definition) is 1. The van der Waals surface area contributed by atoms with Gasteiger partial charge in [-0.1, -0.05) is 23.8 Å². The van der Waals surface area contributed by atoms with Crippen LogP contribution in [0.5, 0.6) is 0 Å². The minimum absolute atomic E-state index is 0.248. The van der Waals surface area contributed by atoms with Crippen LogP contribution in [0.15, 0.2) is 42.5 Å². The summed E-state index contributed by atoms with van der Waals surface area (Å²) in [4.78, 5) is 37.3. The topological polar surface area (TPSA) is 99.5 Å². The Hall–Kier alpha value is -3.66. The highest BCUT2D eigenvalue weighted by molar-refractivity contribution is 5.94. The Labute approximate surface area is 169 Å². The molecule has 2 aromatic carbocycles. The van der Waals surface area contributed by atoms with Gasteiger partial charge in [0.1, 0.15) is 6.42 Å². The van der Waals surface area contributed by atoms with E-state index in [-0.39, 0.29) is 24.5 Å². The van der Waals surface area contributed by atoms with Crippen molar-refractivity contribution in [3.8, 4) is 6.07 Å². The van der Waals surface area contributed by atoms with Crippen LogP contribution >= 0.6 is 0 Å². The van der Waals surface area contributed by atoms with Gasteiger partial charge < -0.3 is 15.0 Å². The maximum absolute atomic E-state index is 12.3. The highest BCUT2D eigenvalue weighted by atomic mass is 16.5. The lowest BCUT2D eigenvalue weighted by Crippen LogP contribution is -2.31. The zero-order valence-corrected chi connectivity index (χ0v) is 16.7. The number of aryl methyl sites for hydroxylation is 2. The first-order valence-electron chi connectivity index (χ1n) is 9.04. The molecule has 0 heterocycles. The van der Waals surface area contributed by atoms with E-state index in [4.69, 9.17) is 10.00 Å². The van der Waals surface area contributed by atoms with Crippen molar-refractivity contribution >= 4 is 23.5 Å². The third kappa shape index (κ3) is 6.47. The number of carbonyl (C=O) groups is 3. The molecule has 7 heteroatoms. The van der Waals surface area contributed by atoms with E-state index >= 15 is 0 Å². The molecule has 0 spiro atoms. The van der Waals surface area contributed by atoms with Crippen LogP contribution in [0, 0.1) is 25.2 Å². The van der Waals surface area contributed by atoms with Crippen LogP contribution in [0.4, 0.5) is 5.69 Å². The Morgan fingerprint density at radius 1 is 1.10 bits per heavy atom. The minimum atomic E-state index is -0.631. The Kier molecular flexibility index (Phi) is 7.49. The van der Waals surface area contributed by atoms with Gasteiger partial charge in [-0.05, 0) is 49.2 Å². The quantitative estimate of drug-likeness (QED) is 0.729. The molecule has 0 saturated heterocycles. The molecule has 2 amide bonds. The zero-order valence-electron chi connectivity index (χ0n) is 16.7. The third-order valence-electron chi connectivity index (χ3n) is 4.30. The lowest BCUT2D eigenvalue weighted by Gasteiger charge is -2.18. The van der Waals surface area contributed by atoms with E-state index in [1.165, 1.54) is 29.2 Å². The molecule has 2 rings (SSSR count). The normalized spacial score (nSPS) is 10.0. The fourth-order valence-corrected chi connectivity index (χ4v) is 2.65. The number of hydrogen-bond acceptors (Lipinski definition) is 5. The second-order valence-corrected chi connectivity index (χ2v) is 6.72. The molecule has 0 unspecified atom stereocenters. The number of esters is 1. The highest BCUT2D eigenvalue weighted by Crippen LogP contribution is 2.13. The Bertz CT molecular complexity index is 946. The molecule has 0 saturated carbocycles. The van der Waals surface area contributed by atoms with Gasteiger partial charge in [-0.25, -0.2) is 4.79 Å². The number of nitriles is 1. The summed E-state index contributed by atoms with van der Waals surface area (Å²) < 4.78 is 5.10. The number of amides is 2. The van der Waals surface area contributed by atoms with Crippen molar-refractivity contribution in [2.45, 2.75) is 26.8 Å². The number of benzene rings is 2. The molecule has 0 bridgehead atoms. The van der Waals surface area contributed by atoms with Crippen molar-refractivity contribution < 1.29 is 19.1 Å². The van der Waals surface area contributed by atoms with Gasteiger partial charge in [-0.15, -0.1) is 0 Å². The summed E-state index contributed by atoms with van der Waals surface area (Å²) in [6.45, 7) is 4.07. The Morgan fingerprint density at radius 3 is 2.41 bits per heavy atom. The standard InChI is InChI=1S/C22H23N3O4/c1-15-4-5-18(16(2)12-15)13-25(3)21(27)14-29-22(28)17-6-8-19(9-7-17)24-20(26)10-11-23/h4-9,12H,10,13-14H2,1-3H3,(H,24,26). The second kappa shape index (κ2) is 10.0. The summed E-state index contributed by atoms with van der Waals surface area (Å²) in [6, 6.07) is 13.8. The van der Waals surface area contributed by atoms with Crippen LogP contribution < -0.4 is 5.32 Å². The van der Waals surface area contributed by atoms with Gasteiger partial charge in [0, 0.05) is 19.3 Å². The first-order valence-corrected chi connectivity index (χ1v) is 9.04. The second-order valence-electron chi connectivity index (χ2n) is 6.72. The van der Waals surface area contributed by atoms with Gasteiger partial charge in [0.2, 0.25) is 5.91 Å². The van der Waals surface area contributed by atoms with Crippen molar-refractivity contribution in [2.24, 2.45) is 0 Å². The predicted molar refractivity (Wildman–Crippen MR) is 108 cm³/mol. The molecule has 0 aromatic heterocycles. The number of nitrogens with one attached hydrogen (secondary N) is 1. The molecule has 0 aliphatic rings. The van der Waals surface area contributed by atoms with Crippen LogP contribution in [-0.2, 0) is 20.9 Å². The number of nitrogens with zero attached hydrogens (tertiary/aromatic N) is 2. The van der Waals surface area contributed by atoms with Gasteiger partial charge in [-0.2, -0.15) is 5.26 Å².